The average Bonchev–Trinajstić information content (AvgIpc) is 2.97. The molecule has 1 aliphatic heterocycles. The van der Waals surface area contributed by atoms with Gasteiger partial charge < -0.3 is 10.1 Å². The zero-order chi connectivity index (χ0) is 14.3. The first kappa shape index (κ1) is 15.9. The minimum absolute atomic E-state index is 0. The summed E-state index contributed by atoms with van der Waals surface area (Å²) in [6.45, 7) is 7.41. The molecular weight excluding hydrogens is 284 g/mol. The van der Waals surface area contributed by atoms with Crippen molar-refractivity contribution in [2.75, 3.05) is 13.2 Å². The molecule has 1 saturated heterocycles. The molecule has 0 radical (unpaired) electrons. The Hall–Kier alpha value is -1.46. The van der Waals surface area contributed by atoms with Gasteiger partial charge in [0.2, 0.25) is 0 Å². The number of carbonyl (C=O) groups is 1. The molecular formula is C16H22N2O2S. The van der Waals surface area contributed by atoms with Crippen molar-refractivity contribution >= 4 is 27.5 Å². The summed E-state index contributed by atoms with van der Waals surface area (Å²) in [6, 6.07) is 2.21. The van der Waals surface area contributed by atoms with E-state index in [2.05, 4.69) is 23.3 Å². The number of aromatic nitrogens is 1. The number of nitrogens with zero attached hydrogens (tertiary/aromatic N) is 1. The Morgan fingerprint density at radius 3 is 2.86 bits per heavy atom. The van der Waals surface area contributed by atoms with Gasteiger partial charge in [0.25, 0.3) is 5.91 Å². The van der Waals surface area contributed by atoms with Crippen LogP contribution < -0.4 is 5.32 Å². The van der Waals surface area contributed by atoms with Crippen LogP contribution in [0.2, 0.25) is 0 Å². The zero-order valence-electron chi connectivity index (χ0n) is 11.9. The molecule has 3 heterocycles. The predicted molar refractivity (Wildman–Crippen MR) is 87.3 cm³/mol. The van der Waals surface area contributed by atoms with Crippen LogP contribution >= 0.6 is 11.3 Å². The fraction of sp³-hybridized carbons (Fsp3) is 0.500. The summed E-state index contributed by atoms with van der Waals surface area (Å²) >= 11 is 1.48. The number of amides is 1. The smallest absolute Gasteiger partial charge is 0.262 e. The molecule has 1 fully saturated rings. The Balaban J connectivity index is 0.00000161. The van der Waals surface area contributed by atoms with Gasteiger partial charge in [-0.05, 0) is 44.4 Å². The van der Waals surface area contributed by atoms with Crippen LogP contribution in [-0.2, 0) is 4.74 Å². The summed E-state index contributed by atoms with van der Waals surface area (Å²) in [5.41, 5.74) is 3.21. The van der Waals surface area contributed by atoms with Gasteiger partial charge in [-0.15, -0.1) is 11.3 Å². The van der Waals surface area contributed by atoms with Crippen LogP contribution in [-0.4, -0.2) is 30.1 Å². The summed E-state index contributed by atoms with van der Waals surface area (Å²) in [7, 11) is 0. The van der Waals surface area contributed by atoms with Crippen molar-refractivity contribution in [3.05, 3.63) is 27.8 Å². The Labute approximate surface area is 129 Å². The number of fused-ring (bicyclic) bond motifs is 1. The molecule has 1 aliphatic rings. The van der Waals surface area contributed by atoms with E-state index >= 15 is 0 Å². The van der Waals surface area contributed by atoms with Crippen LogP contribution in [0.5, 0.6) is 0 Å². The first-order valence-corrected chi connectivity index (χ1v) is 7.64. The second-order valence-corrected chi connectivity index (χ2v) is 6.35. The van der Waals surface area contributed by atoms with Gasteiger partial charge in [-0.2, -0.15) is 0 Å². The van der Waals surface area contributed by atoms with Gasteiger partial charge in [-0.3, -0.25) is 4.79 Å². The lowest BCUT2D eigenvalue weighted by molar-refractivity contribution is 0.0933. The topological polar surface area (TPSA) is 51.2 Å². The van der Waals surface area contributed by atoms with Crippen molar-refractivity contribution in [2.24, 2.45) is 0 Å². The van der Waals surface area contributed by atoms with Crippen molar-refractivity contribution in [3.63, 3.8) is 0 Å². The van der Waals surface area contributed by atoms with E-state index in [4.69, 9.17) is 4.74 Å². The van der Waals surface area contributed by atoms with E-state index in [0.717, 1.165) is 39.4 Å². The molecule has 0 saturated carbocycles. The predicted octanol–water partition coefficient (Wildman–Crippen LogP) is 3.38. The molecule has 1 amide bonds. The Morgan fingerprint density at radius 2 is 2.19 bits per heavy atom. The lowest BCUT2D eigenvalue weighted by Gasteiger charge is -2.09. The summed E-state index contributed by atoms with van der Waals surface area (Å²) in [5.74, 6) is -0.00180. The third-order valence-corrected chi connectivity index (χ3v) is 4.88. The molecule has 114 valence electrons. The van der Waals surface area contributed by atoms with Gasteiger partial charge in [0.1, 0.15) is 4.83 Å². The number of carbonyl (C=O) groups excluding carboxylic acids is 1. The normalized spacial score (nSPS) is 17.8. The maximum absolute atomic E-state index is 12.4. The Bertz CT molecular complexity index is 672. The van der Waals surface area contributed by atoms with E-state index in [1.54, 1.807) is 0 Å². The van der Waals surface area contributed by atoms with E-state index in [1.165, 1.54) is 16.9 Å². The molecule has 0 aliphatic carbocycles. The highest BCUT2D eigenvalue weighted by Gasteiger charge is 2.22. The summed E-state index contributed by atoms with van der Waals surface area (Å²) in [6.07, 6.45) is 0.895. The molecule has 3 rings (SSSR count). The minimum atomic E-state index is -0.00180. The number of nitrogens with one attached hydrogen (secondary N) is 1. The maximum Gasteiger partial charge on any atom is 0.262 e. The standard InChI is InChI=1S/C15H18N2O2S.CH4/c1-8-6-9(2)16-15-12(8)10(3)13(20-15)14(18)17-11-4-5-19-7-11;/h6,11H,4-5,7H2,1-3H3,(H,17,18);1H4/t11-;/m1./s1. The zero-order valence-corrected chi connectivity index (χ0v) is 12.8. The quantitative estimate of drug-likeness (QED) is 0.925. The molecule has 2 aromatic rings. The van der Waals surface area contributed by atoms with Crippen molar-refractivity contribution in [2.45, 2.75) is 40.7 Å². The molecule has 5 heteroatoms. The Kier molecular flexibility index (Phi) is 4.64. The van der Waals surface area contributed by atoms with Crippen LogP contribution in [0.15, 0.2) is 6.07 Å². The van der Waals surface area contributed by atoms with Gasteiger partial charge in [0.15, 0.2) is 0 Å². The van der Waals surface area contributed by atoms with Gasteiger partial charge in [0.05, 0.1) is 17.5 Å². The van der Waals surface area contributed by atoms with Crippen molar-refractivity contribution in [1.82, 2.24) is 10.3 Å². The number of rotatable bonds is 2. The number of pyridine rings is 1. The van der Waals surface area contributed by atoms with Gasteiger partial charge in [0, 0.05) is 17.7 Å². The number of aryl methyl sites for hydroxylation is 3. The fourth-order valence-corrected chi connectivity index (χ4v) is 3.94. The molecule has 0 bridgehead atoms. The van der Waals surface area contributed by atoms with Crippen molar-refractivity contribution in [3.8, 4) is 0 Å². The first-order valence-electron chi connectivity index (χ1n) is 6.82. The van der Waals surface area contributed by atoms with Gasteiger partial charge >= 0.3 is 0 Å². The van der Waals surface area contributed by atoms with Crippen LogP contribution in [0.4, 0.5) is 0 Å². The third kappa shape index (κ3) is 2.94. The highest BCUT2D eigenvalue weighted by atomic mass is 32.1. The first-order chi connectivity index (χ1) is 9.56. The molecule has 1 N–H and O–H groups in total. The van der Waals surface area contributed by atoms with Gasteiger partial charge in [-0.25, -0.2) is 4.98 Å². The van der Waals surface area contributed by atoms with E-state index in [-0.39, 0.29) is 19.4 Å². The number of ether oxygens (including phenoxy) is 1. The van der Waals surface area contributed by atoms with Crippen molar-refractivity contribution < 1.29 is 9.53 Å². The lowest BCUT2D eigenvalue weighted by atomic mass is 10.1. The van der Waals surface area contributed by atoms with Crippen LogP contribution in [0, 0.1) is 20.8 Å². The van der Waals surface area contributed by atoms with E-state index < -0.39 is 0 Å². The van der Waals surface area contributed by atoms with Gasteiger partial charge in [-0.1, -0.05) is 7.43 Å². The van der Waals surface area contributed by atoms with E-state index in [9.17, 15) is 4.79 Å². The number of thiophene rings is 1. The highest BCUT2D eigenvalue weighted by Crippen LogP contribution is 2.32. The monoisotopic (exact) mass is 306 g/mol. The fourth-order valence-electron chi connectivity index (χ4n) is 2.74. The third-order valence-electron chi connectivity index (χ3n) is 3.70. The van der Waals surface area contributed by atoms with Crippen LogP contribution in [0.25, 0.3) is 10.2 Å². The molecule has 21 heavy (non-hydrogen) atoms. The largest absolute Gasteiger partial charge is 0.379 e. The number of hydrogen-bond acceptors (Lipinski definition) is 4. The maximum atomic E-state index is 12.4. The minimum Gasteiger partial charge on any atom is -0.379 e. The van der Waals surface area contributed by atoms with E-state index in [1.807, 2.05) is 13.8 Å². The van der Waals surface area contributed by atoms with Crippen molar-refractivity contribution in [1.29, 1.82) is 0 Å². The summed E-state index contributed by atoms with van der Waals surface area (Å²) in [4.78, 5) is 18.7. The lowest BCUT2D eigenvalue weighted by Crippen LogP contribution is -2.34. The molecule has 0 unspecified atom stereocenters. The average molecular weight is 306 g/mol. The second-order valence-electron chi connectivity index (χ2n) is 5.35. The molecule has 4 nitrogen and oxygen atoms in total. The van der Waals surface area contributed by atoms with Crippen LogP contribution in [0.3, 0.4) is 0 Å². The SMILES string of the molecule is C.Cc1cc(C)c2c(C)c(C(=O)N[C@@H]3CCOC3)sc2n1. The summed E-state index contributed by atoms with van der Waals surface area (Å²) in [5, 5.41) is 4.17. The second kappa shape index (κ2) is 6.12. The van der Waals surface area contributed by atoms with E-state index in [0.29, 0.717) is 6.61 Å². The molecule has 0 spiro atoms. The molecule has 2 aromatic heterocycles. The van der Waals surface area contributed by atoms with Crippen LogP contribution in [0.1, 0.15) is 40.3 Å². The molecule has 1 atom stereocenters. The Morgan fingerprint density at radius 1 is 1.43 bits per heavy atom. The highest BCUT2D eigenvalue weighted by molar-refractivity contribution is 7.20. The molecule has 0 aromatic carbocycles. The number of hydrogen-bond donors (Lipinski definition) is 1. The summed E-state index contributed by atoms with van der Waals surface area (Å²) < 4.78 is 5.29.